The molecule has 3 aromatic rings. The van der Waals surface area contributed by atoms with Crippen LogP contribution in [-0.2, 0) is 0 Å². The SMILES string of the molecule is COc1ccc2nnn(-c3ccc(C)cc3C)c2c1. The summed E-state index contributed by atoms with van der Waals surface area (Å²) in [6.45, 7) is 4.16. The number of fused-ring (bicyclic) bond motifs is 1. The van der Waals surface area contributed by atoms with Crippen LogP contribution in [0.15, 0.2) is 36.4 Å². The van der Waals surface area contributed by atoms with Gasteiger partial charge in [-0.2, -0.15) is 0 Å². The van der Waals surface area contributed by atoms with E-state index in [-0.39, 0.29) is 0 Å². The van der Waals surface area contributed by atoms with Gasteiger partial charge >= 0.3 is 0 Å². The van der Waals surface area contributed by atoms with E-state index in [9.17, 15) is 0 Å². The smallest absolute Gasteiger partial charge is 0.121 e. The lowest BCUT2D eigenvalue weighted by molar-refractivity contribution is 0.415. The first kappa shape index (κ1) is 11.7. The summed E-state index contributed by atoms with van der Waals surface area (Å²) in [4.78, 5) is 0. The summed E-state index contributed by atoms with van der Waals surface area (Å²) < 4.78 is 7.12. The van der Waals surface area contributed by atoms with E-state index in [0.717, 1.165) is 22.5 Å². The van der Waals surface area contributed by atoms with E-state index in [4.69, 9.17) is 4.74 Å². The Balaban J connectivity index is 2.24. The zero-order valence-electron chi connectivity index (χ0n) is 11.2. The molecule has 1 aromatic heterocycles. The van der Waals surface area contributed by atoms with E-state index in [1.807, 2.05) is 22.9 Å². The molecule has 0 bridgehead atoms. The van der Waals surface area contributed by atoms with Crippen LogP contribution in [-0.4, -0.2) is 22.1 Å². The van der Waals surface area contributed by atoms with Crippen molar-refractivity contribution in [2.75, 3.05) is 7.11 Å². The predicted octanol–water partition coefficient (Wildman–Crippen LogP) is 3.05. The van der Waals surface area contributed by atoms with Gasteiger partial charge < -0.3 is 4.74 Å². The fourth-order valence-electron chi connectivity index (χ4n) is 2.25. The van der Waals surface area contributed by atoms with Crippen molar-refractivity contribution in [2.45, 2.75) is 13.8 Å². The molecule has 0 amide bonds. The third kappa shape index (κ3) is 1.95. The normalized spacial score (nSPS) is 10.9. The van der Waals surface area contributed by atoms with Crippen molar-refractivity contribution < 1.29 is 4.74 Å². The Bertz CT molecular complexity index is 746. The predicted molar refractivity (Wildman–Crippen MR) is 74.9 cm³/mol. The number of aromatic nitrogens is 3. The third-order valence-electron chi connectivity index (χ3n) is 3.23. The maximum absolute atomic E-state index is 5.26. The Morgan fingerprint density at radius 1 is 1.05 bits per heavy atom. The second-order valence-corrected chi connectivity index (χ2v) is 4.65. The van der Waals surface area contributed by atoms with Crippen LogP contribution in [0.2, 0.25) is 0 Å². The van der Waals surface area contributed by atoms with Crippen LogP contribution < -0.4 is 4.74 Å². The highest BCUT2D eigenvalue weighted by atomic mass is 16.5. The molecule has 0 atom stereocenters. The first-order chi connectivity index (χ1) is 9.19. The zero-order chi connectivity index (χ0) is 13.4. The molecule has 2 aromatic carbocycles. The summed E-state index contributed by atoms with van der Waals surface area (Å²) in [5.74, 6) is 0.806. The van der Waals surface area contributed by atoms with Crippen LogP contribution in [0.25, 0.3) is 16.7 Å². The first-order valence-corrected chi connectivity index (χ1v) is 6.16. The lowest BCUT2D eigenvalue weighted by Gasteiger charge is -2.07. The summed E-state index contributed by atoms with van der Waals surface area (Å²) in [5, 5.41) is 8.43. The van der Waals surface area contributed by atoms with Crippen molar-refractivity contribution >= 4 is 11.0 Å². The van der Waals surface area contributed by atoms with Gasteiger partial charge in [0.15, 0.2) is 0 Å². The van der Waals surface area contributed by atoms with Crippen molar-refractivity contribution in [1.29, 1.82) is 0 Å². The monoisotopic (exact) mass is 253 g/mol. The van der Waals surface area contributed by atoms with E-state index in [2.05, 4.69) is 42.4 Å². The minimum Gasteiger partial charge on any atom is -0.497 e. The molecule has 0 aliphatic carbocycles. The van der Waals surface area contributed by atoms with E-state index in [1.165, 1.54) is 11.1 Å². The third-order valence-corrected chi connectivity index (χ3v) is 3.23. The van der Waals surface area contributed by atoms with Gasteiger partial charge in [0.1, 0.15) is 11.3 Å². The van der Waals surface area contributed by atoms with E-state index < -0.39 is 0 Å². The van der Waals surface area contributed by atoms with Gasteiger partial charge in [-0.25, -0.2) is 4.68 Å². The molecular weight excluding hydrogens is 238 g/mol. The van der Waals surface area contributed by atoms with Crippen molar-refractivity contribution in [3.05, 3.63) is 47.5 Å². The molecule has 0 aliphatic heterocycles. The minimum absolute atomic E-state index is 0.806. The standard InChI is InChI=1S/C15H15N3O/c1-10-4-7-14(11(2)8-10)18-15-9-12(19-3)5-6-13(15)16-17-18/h4-9H,1-3H3. The highest BCUT2D eigenvalue weighted by molar-refractivity contribution is 5.78. The summed E-state index contributed by atoms with van der Waals surface area (Å²) in [5.41, 5.74) is 5.27. The minimum atomic E-state index is 0.806. The van der Waals surface area contributed by atoms with Gasteiger partial charge in [-0.15, -0.1) is 5.10 Å². The molecule has 0 N–H and O–H groups in total. The topological polar surface area (TPSA) is 39.9 Å². The number of benzene rings is 2. The van der Waals surface area contributed by atoms with Crippen molar-refractivity contribution in [2.24, 2.45) is 0 Å². The van der Waals surface area contributed by atoms with Crippen LogP contribution in [0, 0.1) is 13.8 Å². The molecule has 0 fully saturated rings. The second kappa shape index (κ2) is 4.39. The summed E-state index contributed by atoms with van der Waals surface area (Å²) in [7, 11) is 1.66. The Morgan fingerprint density at radius 2 is 1.89 bits per heavy atom. The molecule has 19 heavy (non-hydrogen) atoms. The average Bonchev–Trinajstić information content (AvgIpc) is 2.81. The number of rotatable bonds is 2. The van der Waals surface area contributed by atoms with Crippen molar-refractivity contribution in [3.63, 3.8) is 0 Å². The molecule has 4 heteroatoms. The molecule has 0 spiro atoms. The van der Waals surface area contributed by atoms with Crippen LogP contribution in [0.3, 0.4) is 0 Å². The van der Waals surface area contributed by atoms with Gasteiger partial charge in [-0.05, 0) is 37.6 Å². The maximum Gasteiger partial charge on any atom is 0.121 e. The summed E-state index contributed by atoms with van der Waals surface area (Å²) >= 11 is 0. The molecule has 3 rings (SSSR count). The molecule has 0 saturated carbocycles. The van der Waals surface area contributed by atoms with E-state index in [1.54, 1.807) is 7.11 Å². The van der Waals surface area contributed by atoms with Crippen molar-refractivity contribution in [1.82, 2.24) is 15.0 Å². The van der Waals surface area contributed by atoms with Crippen molar-refractivity contribution in [3.8, 4) is 11.4 Å². The van der Waals surface area contributed by atoms with Gasteiger partial charge in [-0.3, -0.25) is 0 Å². The van der Waals surface area contributed by atoms with Crippen LogP contribution >= 0.6 is 0 Å². The Kier molecular flexibility index (Phi) is 2.71. The molecular formula is C15H15N3O. The average molecular weight is 253 g/mol. The largest absolute Gasteiger partial charge is 0.497 e. The highest BCUT2D eigenvalue weighted by Gasteiger charge is 2.09. The Labute approximate surface area is 111 Å². The Morgan fingerprint density at radius 3 is 2.63 bits per heavy atom. The molecule has 0 unspecified atom stereocenters. The summed E-state index contributed by atoms with van der Waals surface area (Å²) in [6, 6.07) is 12.1. The van der Waals surface area contributed by atoms with Crippen LogP contribution in [0.1, 0.15) is 11.1 Å². The van der Waals surface area contributed by atoms with Gasteiger partial charge in [0.05, 0.1) is 18.3 Å². The van der Waals surface area contributed by atoms with Gasteiger partial charge in [0.2, 0.25) is 0 Å². The molecule has 96 valence electrons. The lowest BCUT2D eigenvalue weighted by atomic mass is 10.1. The number of ether oxygens (including phenoxy) is 1. The number of methoxy groups -OCH3 is 1. The molecule has 0 radical (unpaired) electrons. The quantitative estimate of drug-likeness (QED) is 0.704. The Hall–Kier alpha value is -2.36. The number of nitrogens with zero attached hydrogens (tertiary/aromatic N) is 3. The van der Waals surface area contributed by atoms with Crippen LogP contribution in [0.4, 0.5) is 0 Å². The molecule has 4 nitrogen and oxygen atoms in total. The number of hydrogen-bond donors (Lipinski definition) is 0. The van der Waals surface area contributed by atoms with Gasteiger partial charge in [0.25, 0.3) is 0 Å². The van der Waals surface area contributed by atoms with E-state index in [0.29, 0.717) is 0 Å². The fourth-order valence-corrected chi connectivity index (χ4v) is 2.25. The molecule has 0 saturated heterocycles. The summed E-state index contributed by atoms with van der Waals surface area (Å²) in [6.07, 6.45) is 0. The lowest BCUT2D eigenvalue weighted by Crippen LogP contribution is -1.99. The maximum atomic E-state index is 5.26. The van der Waals surface area contributed by atoms with Gasteiger partial charge in [0, 0.05) is 6.07 Å². The highest BCUT2D eigenvalue weighted by Crippen LogP contribution is 2.23. The van der Waals surface area contributed by atoms with Crippen LogP contribution in [0.5, 0.6) is 5.75 Å². The number of hydrogen-bond acceptors (Lipinski definition) is 3. The zero-order valence-corrected chi connectivity index (χ0v) is 11.2. The second-order valence-electron chi connectivity index (χ2n) is 4.65. The number of aryl methyl sites for hydroxylation is 2. The van der Waals surface area contributed by atoms with E-state index >= 15 is 0 Å². The fraction of sp³-hybridized carbons (Fsp3) is 0.200. The molecule has 0 aliphatic rings. The first-order valence-electron chi connectivity index (χ1n) is 6.16. The van der Waals surface area contributed by atoms with Gasteiger partial charge in [-0.1, -0.05) is 22.9 Å². The molecule has 1 heterocycles.